The molecule has 0 spiro atoms. The molecule has 0 aliphatic carbocycles. The topological polar surface area (TPSA) is 46.5 Å². The van der Waals surface area contributed by atoms with Gasteiger partial charge in [-0.1, -0.05) is 51.3 Å². The summed E-state index contributed by atoms with van der Waals surface area (Å²) in [5.74, 6) is -3.00. The van der Waals surface area contributed by atoms with Crippen LogP contribution in [-0.2, 0) is 4.79 Å². The Labute approximate surface area is 140 Å². The molecule has 2 rings (SSSR count). The van der Waals surface area contributed by atoms with Gasteiger partial charge in [-0.25, -0.2) is 4.79 Å². The Morgan fingerprint density at radius 1 is 1.42 bits per heavy atom. The zero-order valence-electron chi connectivity index (χ0n) is 14.6. The molecule has 0 amide bonds. The molecule has 2 unspecified atom stereocenters. The molecule has 0 radical (unpaired) electrons. The first-order valence-corrected chi connectivity index (χ1v) is 7.96. The summed E-state index contributed by atoms with van der Waals surface area (Å²) >= 11 is 0. The number of hydrogen-bond acceptors (Lipinski definition) is 2. The normalized spacial score (nSPS) is 22.0. The minimum atomic E-state index is -4.93. The number of carboxylic acids is 1. The van der Waals surface area contributed by atoms with Gasteiger partial charge in [0.25, 0.3) is 0 Å². The van der Waals surface area contributed by atoms with Crippen LogP contribution in [0.4, 0.5) is 13.2 Å². The molecule has 0 saturated heterocycles. The number of fused-ring (bicyclic) bond motifs is 1. The number of alkyl halides is 3. The molecule has 3 nitrogen and oxygen atoms in total. The van der Waals surface area contributed by atoms with Crippen LogP contribution < -0.4 is 4.74 Å². The summed E-state index contributed by atoms with van der Waals surface area (Å²) in [5.41, 5.74) is -3.62. The van der Waals surface area contributed by atoms with E-state index in [1.54, 1.807) is 0 Å². The zero-order chi connectivity index (χ0) is 18.8. The number of benzene rings is 1. The Hall–Kier alpha value is -1.98. The van der Waals surface area contributed by atoms with E-state index in [2.05, 4.69) is 0 Å². The summed E-state index contributed by atoms with van der Waals surface area (Å²) < 4.78 is 55.5. The summed E-state index contributed by atoms with van der Waals surface area (Å²) in [4.78, 5) is 11.7. The Bertz CT molecular complexity index is 685. The standard InChI is InChI=1S/C18H21F3O3/c1-3-4-5-8-12(2)17(18(19,20)21)14(16(22)23)11-13-9-6-7-10-15(13)24-17/h6-7,9-12H,3-5,8H2,1-2H3,(H,22,23)/i10D. The van der Waals surface area contributed by atoms with Crippen molar-refractivity contribution in [2.24, 2.45) is 5.92 Å². The van der Waals surface area contributed by atoms with Gasteiger partial charge in [0.1, 0.15) is 5.75 Å². The van der Waals surface area contributed by atoms with Crippen LogP contribution in [0.25, 0.3) is 6.08 Å². The molecule has 0 saturated carbocycles. The Balaban J connectivity index is 2.61. The maximum Gasteiger partial charge on any atom is 0.433 e. The van der Waals surface area contributed by atoms with Crippen molar-refractivity contribution in [1.82, 2.24) is 0 Å². The van der Waals surface area contributed by atoms with Gasteiger partial charge in [0.05, 0.1) is 6.94 Å². The van der Waals surface area contributed by atoms with Crippen molar-refractivity contribution in [2.45, 2.75) is 51.3 Å². The van der Waals surface area contributed by atoms with E-state index in [0.29, 0.717) is 6.42 Å². The van der Waals surface area contributed by atoms with Gasteiger partial charge in [0.2, 0.25) is 5.60 Å². The van der Waals surface area contributed by atoms with Crippen LogP contribution in [0, 0.1) is 5.92 Å². The van der Waals surface area contributed by atoms with E-state index in [-0.39, 0.29) is 23.8 Å². The molecule has 132 valence electrons. The molecule has 2 atom stereocenters. The first-order valence-electron chi connectivity index (χ1n) is 8.46. The molecular weight excluding hydrogens is 321 g/mol. The van der Waals surface area contributed by atoms with Crippen LogP contribution in [-0.4, -0.2) is 22.9 Å². The van der Waals surface area contributed by atoms with Crippen molar-refractivity contribution in [2.75, 3.05) is 0 Å². The first-order chi connectivity index (χ1) is 11.6. The lowest BCUT2D eigenvalue weighted by Gasteiger charge is -2.43. The van der Waals surface area contributed by atoms with Gasteiger partial charge in [-0.05, 0) is 18.5 Å². The van der Waals surface area contributed by atoms with Gasteiger partial charge in [-0.3, -0.25) is 0 Å². The maximum atomic E-state index is 14.1. The van der Waals surface area contributed by atoms with Crippen molar-refractivity contribution in [1.29, 1.82) is 0 Å². The van der Waals surface area contributed by atoms with Crippen molar-refractivity contribution < 1.29 is 29.2 Å². The number of ether oxygens (including phenoxy) is 1. The minimum absolute atomic E-state index is 0.172. The highest BCUT2D eigenvalue weighted by Gasteiger charge is 2.65. The maximum absolute atomic E-state index is 14.1. The molecule has 0 bridgehead atoms. The Morgan fingerprint density at radius 2 is 2.12 bits per heavy atom. The molecule has 0 aromatic heterocycles. The number of aliphatic carboxylic acids is 1. The highest BCUT2D eigenvalue weighted by atomic mass is 19.4. The molecule has 1 aromatic rings. The van der Waals surface area contributed by atoms with E-state index in [9.17, 15) is 23.1 Å². The average molecular weight is 343 g/mol. The largest absolute Gasteiger partial charge is 0.478 e. The average Bonchev–Trinajstić information content (AvgIpc) is 2.53. The van der Waals surface area contributed by atoms with Gasteiger partial charge >= 0.3 is 12.1 Å². The second-order valence-electron chi connectivity index (χ2n) is 6.05. The zero-order valence-corrected chi connectivity index (χ0v) is 13.6. The van der Waals surface area contributed by atoms with Gasteiger partial charge in [-0.15, -0.1) is 0 Å². The van der Waals surface area contributed by atoms with E-state index >= 15 is 0 Å². The second-order valence-corrected chi connectivity index (χ2v) is 6.05. The summed E-state index contributed by atoms with van der Waals surface area (Å²) in [6, 6.07) is 4.04. The predicted octanol–water partition coefficient (Wildman–Crippen LogP) is 5.06. The van der Waals surface area contributed by atoms with Crippen molar-refractivity contribution in [3.63, 3.8) is 0 Å². The Morgan fingerprint density at radius 3 is 2.71 bits per heavy atom. The number of unbranched alkanes of at least 4 members (excludes halogenated alkanes) is 2. The fraction of sp³-hybridized carbons (Fsp3) is 0.500. The fourth-order valence-corrected chi connectivity index (χ4v) is 3.10. The number of hydrogen-bond donors (Lipinski definition) is 1. The summed E-state index contributed by atoms with van der Waals surface area (Å²) in [6.45, 7) is 3.30. The van der Waals surface area contributed by atoms with Crippen LogP contribution >= 0.6 is 0 Å². The number of halogens is 3. The molecule has 24 heavy (non-hydrogen) atoms. The Kier molecular flexibility index (Phi) is 4.83. The van der Waals surface area contributed by atoms with Crippen LogP contribution in [0.15, 0.2) is 29.8 Å². The fourth-order valence-electron chi connectivity index (χ4n) is 3.10. The van der Waals surface area contributed by atoms with E-state index in [1.165, 1.54) is 25.1 Å². The van der Waals surface area contributed by atoms with E-state index < -0.39 is 29.2 Å². The lowest BCUT2D eigenvalue weighted by atomic mass is 9.76. The molecule has 1 aromatic carbocycles. The first kappa shape index (κ1) is 16.9. The van der Waals surface area contributed by atoms with Crippen LogP contribution in [0.3, 0.4) is 0 Å². The van der Waals surface area contributed by atoms with Gasteiger partial charge in [0, 0.05) is 11.5 Å². The van der Waals surface area contributed by atoms with Gasteiger partial charge in [0.15, 0.2) is 0 Å². The lowest BCUT2D eigenvalue weighted by molar-refractivity contribution is -0.252. The number of carbonyl (C=O) groups is 1. The highest BCUT2D eigenvalue weighted by molar-refractivity contribution is 5.96. The lowest BCUT2D eigenvalue weighted by Crippen LogP contribution is -2.59. The van der Waals surface area contributed by atoms with Crippen molar-refractivity contribution in [3.8, 4) is 5.75 Å². The summed E-state index contributed by atoms with van der Waals surface area (Å²) in [7, 11) is 0. The van der Waals surface area contributed by atoms with E-state index in [4.69, 9.17) is 6.11 Å². The molecule has 1 aliphatic rings. The smallest absolute Gasteiger partial charge is 0.433 e. The van der Waals surface area contributed by atoms with Crippen LogP contribution in [0.2, 0.25) is 0 Å². The monoisotopic (exact) mass is 343 g/mol. The predicted molar refractivity (Wildman–Crippen MR) is 84.8 cm³/mol. The van der Waals surface area contributed by atoms with E-state index in [1.807, 2.05) is 6.92 Å². The van der Waals surface area contributed by atoms with Crippen LogP contribution in [0.1, 0.15) is 46.5 Å². The van der Waals surface area contributed by atoms with E-state index in [0.717, 1.165) is 18.9 Å². The summed E-state index contributed by atoms with van der Waals surface area (Å²) in [5, 5.41) is 9.46. The molecule has 1 aliphatic heterocycles. The molecular formula is C18H21F3O3. The number of para-hydroxylation sites is 1. The highest BCUT2D eigenvalue weighted by Crippen LogP contribution is 2.50. The molecule has 6 heteroatoms. The van der Waals surface area contributed by atoms with Crippen molar-refractivity contribution in [3.05, 3.63) is 35.4 Å². The summed E-state index contributed by atoms with van der Waals surface area (Å²) in [6.07, 6.45) is -1.63. The van der Waals surface area contributed by atoms with Crippen molar-refractivity contribution >= 4 is 12.0 Å². The third kappa shape index (κ3) is 3.14. The molecule has 0 fully saturated rings. The third-order valence-electron chi connectivity index (χ3n) is 4.40. The SMILES string of the molecule is [2H]c1cccc2c1OC(C(C)CCCCC)(C(F)(F)F)C(C(=O)O)=C2. The third-order valence-corrected chi connectivity index (χ3v) is 4.40. The van der Waals surface area contributed by atoms with Gasteiger partial charge < -0.3 is 9.84 Å². The number of rotatable bonds is 6. The molecule has 1 heterocycles. The molecule has 1 N–H and O–H groups in total. The number of carboxylic acid groups (broad SMARTS) is 1. The minimum Gasteiger partial charge on any atom is -0.478 e. The van der Waals surface area contributed by atoms with Gasteiger partial charge in [-0.2, -0.15) is 13.2 Å². The van der Waals surface area contributed by atoms with Crippen LogP contribution in [0.5, 0.6) is 5.75 Å². The second kappa shape index (κ2) is 6.87. The quantitative estimate of drug-likeness (QED) is 0.734.